The van der Waals surface area contributed by atoms with E-state index in [-0.39, 0.29) is 10.8 Å². The molecule has 2 rings (SSSR count). The number of nitrogens with zero attached hydrogens (tertiary/aromatic N) is 3. The minimum Gasteiger partial charge on any atom is -0.292 e. The summed E-state index contributed by atoms with van der Waals surface area (Å²) in [5, 5.41) is 0. The van der Waals surface area contributed by atoms with Crippen molar-refractivity contribution >= 4 is 16.0 Å². The van der Waals surface area contributed by atoms with Crippen molar-refractivity contribution in [3.8, 4) is 0 Å². The predicted octanol–water partition coefficient (Wildman–Crippen LogP) is 0.573. The molecule has 1 saturated carbocycles. The molecule has 0 aliphatic heterocycles. The SMILES string of the molecule is CCN(CC1CCC1)S(=O)(=O)c1cnc(NN)nc1. The Morgan fingerprint density at radius 1 is 1.42 bits per heavy atom. The lowest BCUT2D eigenvalue weighted by Crippen LogP contribution is -2.37. The van der Waals surface area contributed by atoms with Gasteiger partial charge in [0.15, 0.2) is 0 Å². The molecular weight excluding hydrogens is 266 g/mol. The summed E-state index contributed by atoms with van der Waals surface area (Å²) in [5.74, 6) is 5.83. The summed E-state index contributed by atoms with van der Waals surface area (Å²) in [6, 6.07) is 0. The van der Waals surface area contributed by atoms with E-state index in [2.05, 4.69) is 15.4 Å². The first kappa shape index (κ1) is 14.2. The number of rotatable bonds is 6. The highest BCUT2D eigenvalue weighted by Gasteiger charge is 2.28. The number of nitrogen functional groups attached to an aromatic ring is 1. The lowest BCUT2D eigenvalue weighted by atomic mass is 9.85. The molecule has 1 aromatic heterocycles. The van der Waals surface area contributed by atoms with Gasteiger partial charge in [0.25, 0.3) is 0 Å². The summed E-state index contributed by atoms with van der Waals surface area (Å²) in [5.41, 5.74) is 2.27. The van der Waals surface area contributed by atoms with Crippen LogP contribution in [0.1, 0.15) is 26.2 Å². The number of aromatic nitrogens is 2. The monoisotopic (exact) mass is 285 g/mol. The van der Waals surface area contributed by atoms with Crippen molar-refractivity contribution in [2.24, 2.45) is 11.8 Å². The number of anilines is 1. The molecule has 0 saturated heterocycles. The van der Waals surface area contributed by atoms with Crippen LogP contribution in [0, 0.1) is 5.92 Å². The maximum absolute atomic E-state index is 12.4. The molecule has 1 aromatic rings. The van der Waals surface area contributed by atoms with Gasteiger partial charge in [0, 0.05) is 13.1 Å². The highest BCUT2D eigenvalue weighted by atomic mass is 32.2. The van der Waals surface area contributed by atoms with Gasteiger partial charge in [-0.15, -0.1) is 0 Å². The van der Waals surface area contributed by atoms with Gasteiger partial charge in [-0.3, -0.25) is 5.43 Å². The van der Waals surface area contributed by atoms with Crippen molar-refractivity contribution in [1.29, 1.82) is 0 Å². The third-order valence-electron chi connectivity index (χ3n) is 3.43. The highest BCUT2D eigenvalue weighted by Crippen LogP contribution is 2.28. The van der Waals surface area contributed by atoms with Crippen LogP contribution in [0.2, 0.25) is 0 Å². The van der Waals surface area contributed by atoms with Crippen LogP contribution < -0.4 is 11.3 Å². The molecule has 1 fully saturated rings. The zero-order valence-electron chi connectivity index (χ0n) is 10.9. The Morgan fingerprint density at radius 3 is 2.47 bits per heavy atom. The zero-order chi connectivity index (χ0) is 13.9. The second kappa shape index (κ2) is 5.81. The fourth-order valence-electron chi connectivity index (χ4n) is 2.03. The van der Waals surface area contributed by atoms with Crippen molar-refractivity contribution in [3.63, 3.8) is 0 Å². The molecule has 0 radical (unpaired) electrons. The van der Waals surface area contributed by atoms with Crippen LogP contribution in [0.5, 0.6) is 0 Å². The second-order valence-electron chi connectivity index (χ2n) is 4.64. The van der Waals surface area contributed by atoms with Crippen LogP contribution >= 0.6 is 0 Å². The molecule has 0 bridgehead atoms. The van der Waals surface area contributed by atoms with Gasteiger partial charge in [-0.05, 0) is 18.8 Å². The number of hydrogen-bond acceptors (Lipinski definition) is 6. The summed E-state index contributed by atoms with van der Waals surface area (Å²) in [4.78, 5) is 7.79. The molecule has 19 heavy (non-hydrogen) atoms. The third-order valence-corrected chi connectivity index (χ3v) is 5.33. The fraction of sp³-hybridized carbons (Fsp3) is 0.636. The summed E-state index contributed by atoms with van der Waals surface area (Å²) in [6.45, 7) is 2.87. The first-order valence-corrected chi connectivity index (χ1v) is 7.80. The molecule has 0 amide bonds. The van der Waals surface area contributed by atoms with Gasteiger partial charge >= 0.3 is 0 Å². The average Bonchev–Trinajstić information content (AvgIpc) is 2.37. The van der Waals surface area contributed by atoms with E-state index in [1.807, 2.05) is 6.92 Å². The number of sulfonamides is 1. The number of nitrogens with two attached hydrogens (primary N) is 1. The Morgan fingerprint density at radius 2 is 2.05 bits per heavy atom. The van der Waals surface area contributed by atoms with E-state index < -0.39 is 10.0 Å². The largest absolute Gasteiger partial charge is 0.292 e. The van der Waals surface area contributed by atoms with Gasteiger partial charge in [0.05, 0.1) is 12.4 Å². The van der Waals surface area contributed by atoms with Gasteiger partial charge < -0.3 is 0 Å². The van der Waals surface area contributed by atoms with Gasteiger partial charge in [-0.1, -0.05) is 13.3 Å². The Balaban J connectivity index is 2.17. The Labute approximate surface area is 113 Å². The summed E-state index contributed by atoms with van der Waals surface area (Å²) in [6.07, 6.45) is 5.97. The third kappa shape index (κ3) is 3.02. The van der Waals surface area contributed by atoms with Crippen LogP contribution in [0.3, 0.4) is 0 Å². The first-order chi connectivity index (χ1) is 9.07. The van der Waals surface area contributed by atoms with Crippen LogP contribution in [0.4, 0.5) is 5.95 Å². The molecule has 0 atom stereocenters. The number of hydrazine groups is 1. The van der Waals surface area contributed by atoms with Gasteiger partial charge in [-0.2, -0.15) is 4.31 Å². The van der Waals surface area contributed by atoms with Gasteiger partial charge in [0.1, 0.15) is 4.90 Å². The lowest BCUT2D eigenvalue weighted by molar-refractivity contribution is 0.250. The second-order valence-corrected chi connectivity index (χ2v) is 6.58. The first-order valence-electron chi connectivity index (χ1n) is 6.36. The fourth-order valence-corrected chi connectivity index (χ4v) is 3.45. The minimum atomic E-state index is -3.51. The Bertz CT molecular complexity index is 512. The average molecular weight is 285 g/mol. The Kier molecular flexibility index (Phi) is 4.33. The molecule has 0 unspecified atom stereocenters. The van der Waals surface area contributed by atoms with Crippen molar-refractivity contribution in [3.05, 3.63) is 12.4 Å². The van der Waals surface area contributed by atoms with Gasteiger partial charge in [-0.25, -0.2) is 24.2 Å². The molecule has 3 N–H and O–H groups in total. The molecule has 0 aromatic carbocycles. The van der Waals surface area contributed by atoms with Crippen LogP contribution in [-0.2, 0) is 10.0 Å². The molecule has 106 valence electrons. The quantitative estimate of drug-likeness (QED) is 0.585. The van der Waals surface area contributed by atoms with Crippen LogP contribution in [-0.4, -0.2) is 35.8 Å². The van der Waals surface area contributed by atoms with E-state index in [0.717, 1.165) is 12.8 Å². The van der Waals surface area contributed by atoms with E-state index in [4.69, 9.17) is 5.84 Å². The number of nitrogens with one attached hydrogen (secondary N) is 1. The van der Waals surface area contributed by atoms with E-state index in [1.165, 1.54) is 23.1 Å². The summed E-state index contributed by atoms with van der Waals surface area (Å²) < 4.78 is 26.4. The van der Waals surface area contributed by atoms with Crippen molar-refractivity contribution in [1.82, 2.24) is 14.3 Å². The smallest absolute Gasteiger partial charge is 0.246 e. The van der Waals surface area contributed by atoms with E-state index in [1.54, 1.807) is 0 Å². The van der Waals surface area contributed by atoms with E-state index in [9.17, 15) is 8.42 Å². The van der Waals surface area contributed by atoms with E-state index >= 15 is 0 Å². The van der Waals surface area contributed by atoms with E-state index in [0.29, 0.717) is 19.0 Å². The molecular formula is C11H19N5O2S. The molecule has 1 aliphatic rings. The van der Waals surface area contributed by atoms with Crippen LogP contribution in [0.15, 0.2) is 17.3 Å². The molecule has 1 heterocycles. The standard InChI is InChI=1S/C11H19N5O2S/c1-2-16(8-9-4-3-5-9)19(17,18)10-6-13-11(15-12)14-7-10/h6-7,9H,2-5,8,12H2,1H3,(H,13,14,15). The molecule has 0 spiro atoms. The molecule has 1 aliphatic carbocycles. The minimum absolute atomic E-state index is 0.104. The summed E-state index contributed by atoms with van der Waals surface area (Å²) in [7, 11) is -3.51. The van der Waals surface area contributed by atoms with Gasteiger partial charge in [0.2, 0.25) is 16.0 Å². The molecule has 7 nitrogen and oxygen atoms in total. The lowest BCUT2D eigenvalue weighted by Gasteiger charge is -2.31. The topological polar surface area (TPSA) is 101 Å². The zero-order valence-corrected chi connectivity index (χ0v) is 11.7. The normalized spacial score (nSPS) is 16.4. The van der Waals surface area contributed by atoms with Crippen molar-refractivity contribution < 1.29 is 8.42 Å². The maximum Gasteiger partial charge on any atom is 0.246 e. The van der Waals surface area contributed by atoms with Crippen LogP contribution in [0.25, 0.3) is 0 Å². The maximum atomic E-state index is 12.4. The number of hydrogen-bond donors (Lipinski definition) is 2. The Hall–Kier alpha value is -1.25. The summed E-state index contributed by atoms with van der Waals surface area (Å²) >= 11 is 0. The predicted molar refractivity (Wildman–Crippen MR) is 71.6 cm³/mol. The van der Waals surface area contributed by atoms with Crippen molar-refractivity contribution in [2.75, 3.05) is 18.5 Å². The highest BCUT2D eigenvalue weighted by molar-refractivity contribution is 7.89. The van der Waals surface area contributed by atoms with Crippen molar-refractivity contribution in [2.45, 2.75) is 31.1 Å². The molecule has 8 heteroatoms.